The summed E-state index contributed by atoms with van der Waals surface area (Å²) in [4.78, 5) is 36.5. The van der Waals surface area contributed by atoms with Crippen LogP contribution >= 0.6 is 0 Å². The summed E-state index contributed by atoms with van der Waals surface area (Å²) in [6.07, 6.45) is 1.98. The zero-order valence-corrected chi connectivity index (χ0v) is 15.8. The second-order valence-electron chi connectivity index (χ2n) is 6.72. The van der Waals surface area contributed by atoms with E-state index >= 15 is 0 Å². The summed E-state index contributed by atoms with van der Waals surface area (Å²) in [6.45, 7) is 1.20. The van der Waals surface area contributed by atoms with Crippen LogP contribution < -0.4 is 16.0 Å². The van der Waals surface area contributed by atoms with Crippen molar-refractivity contribution in [2.75, 3.05) is 30.9 Å². The van der Waals surface area contributed by atoms with Crippen molar-refractivity contribution in [3.8, 4) is 0 Å². The molecule has 0 saturated heterocycles. The molecule has 0 bridgehead atoms. The maximum Gasteiger partial charge on any atom is 0.255 e. The summed E-state index contributed by atoms with van der Waals surface area (Å²) in [5.41, 5.74) is 2.63. The van der Waals surface area contributed by atoms with E-state index in [2.05, 4.69) is 20.5 Å². The maximum absolute atomic E-state index is 12.7. The van der Waals surface area contributed by atoms with Crippen molar-refractivity contribution in [1.29, 1.82) is 0 Å². The molecule has 148 valence electrons. The van der Waals surface area contributed by atoms with Crippen LogP contribution in [0.3, 0.4) is 0 Å². The molecule has 1 aromatic heterocycles. The van der Waals surface area contributed by atoms with E-state index in [1.54, 1.807) is 13.2 Å². The Kier molecular flexibility index (Phi) is 5.01. The molecule has 3 aromatic rings. The summed E-state index contributed by atoms with van der Waals surface area (Å²) in [5, 5.41) is 9.09. The van der Waals surface area contributed by atoms with E-state index in [0.29, 0.717) is 35.7 Å². The van der Waals surface area contributed by atoms with Gasteiger partial charge in [-0.2, -0.15) is 0 Å². The van der Waals surface area contributed by atoms with Crippen LogP contribution in [0.25, 0.3) is 10.9 Å². The second-order valence-corrected chi connectivity index (χ2v) is 6.72. The fourth-order valence-corrected chi connectivity index (χ4v) is 3.29. The second kappa shape index (κ2) is 7.76. The van der Waals surface area contributed by atoms with Crippen LogP contribution in [0.2, 0.25) is 0 Å². The number of hydrogen-bond donors (Lipinski definition) is 3. The van der Waals surface area contributed by atoms with Gasteiger partial charge in [0.25, 0.3) is 11.8 Å². The highest BCUT2D eigenvalue weighted by Crippen LogP contribution is 2.23. The molecule has 29 heavy (non-hydrogen) atoms. The van der Waals surface area contributed by atoms with Crippen molar-refractivity contribution in [2.45, 2.75) is 6.54 Å². The molecular formula is C21H20N4O4. The third kappa shape index (κ3) is 3.83. The number of amides is 3. The summed E-state index contributed by atoms with van der Waals surface area (Å²) in [6, 6.07) is 12.3. The summed E-state index contributed by atoms with van der Waals surface area (Å²) < 4.78 is 7.20. The molecule has 0 spiro atoms. The molecule has 8 heteroatoms. The molecule has 8 nitrogen and oxygen atoms in total. The zero-order valence-electron chi connectivity index (χ0n) is 15.8. The van der Waals surface area contributed by atoms with Crippen molar-refractivity contribution in [1.82, 2.24) is 9.88 Å². The van der Waals surface area contributed by atoms with Gasteiger partial charge < -0.3 is 25.3 Å². The monoisotopic (exact) mass is 392 g/mol. The highest BCUT2D eigenvalue weighted by Gasteiger charge is 2.20. The topological polar surface area (TPSA) is 101 Å². The zero-order chi connectivity index (χ0) is 20.4. The minimum absolute atomic E-state index is 0.0994. The van der Waals surface area contributed by atoms with Crippen LogP contribution in [0.1, 0.15) is 20.7 Å². The van der Waals surface area contributed by atoms with E-state index < -0.39 is 0 Å². The lowest BCUT2D eigenvalue weighted by molar-refractivity contribution is -0.115. The largest absolute Gasteiger partial charge is 0.383 e. The molecule has 2 aromatic carbocycles. The Bertz CT molecular complexity index is 1120. The van der Waals surface area contributed by atoms with Crippen LogP contribution in [0.4, 0.5) is 11.4 Å². The molecule has 0 radical (unpaired) electrons. The number of methoxy groups -OCH3 is 1. The average molecular weight is 392 g/mol. The van der Waals surface area contributed by atoms with Crippen molar-refractivity contribution in [2.24, 2.45) is 0 Å². The van der Waals surface area contributed by atoms with Crippen LogP contribution in [-0.4, -0.2) is 42.6 Å². The molecule has 2 heterocycles. The van der Waals surface area contributed by atoms with E-state index in [0.717, 1.165) is 10.9 Å². The molecular weight excluding hydrogens is 372 g/mol. The molecule has 4 rings (SSSR count). The number of carbonyl (C=O) groups excluding carboxylic acids is 3. The smallest absolute Gasteiger partial charge is 0.255 e. The Morgan fingerprint density at radius 1 is 1.17 bits per heavy atom. The minimum Gasteiger partial charge on any atom is -0.383 e. The third-order valence-electron chi connectivity index (χ3n) is 4.78. The number of nitrogens with one attached hydrogen (secondary N) is 3. The Hall–Kier alpha value is -3.65. The summed E-state index contributed by atoms with van der Waals surface area (Å²) in [7, 11) is 1.66. The van der Waals surface area contributed by atoms with E-state index in [4.69, 9.17) is 4.74 Å². The normalized spacial score (nSPS) is 13.4. The molecule has 0 saturated carbocycles. The van der Waals surface area contributed by atoms with Gasteiger partial charge in [-0.15, -0.1) is 0 Å². The number of ether oxygens (including phenoxy) is 1. The molecule has 0 unspecified atom stereocenters. The lowest BCUT2D eigenvalue weighted by atomic mass is 10.1. The van der Waals surface area contributed by atoms with Gasteiger partial charge in [-0.25, -0.2) is 0 Å². The van der Waals surface area contributed by atoms with Gasteiger partial charge in [0.2, 0.25) is 5.91 Å². The van der Waals surface area contributed by atoms with Gasteiger partial charge >= 0.3 is 0 Å². The first-order valence-corrected chi connectivity index (χ1v) is 9.16. The van der Waals surface area contributed by atoms with Crippen molar-refractivity contribution in [3.05, 3.63) is 59.8 Å². The number of carbonyl (C=O) groups is 3. The Morgan fingerprint density at radius 2 is 2.03 bits per heavy atom. The Morgan fingerprint density at radius 3 is 2.86 bits per heavy atom. The molecule has 0 atom stereocenters. The van der Waals surface area contributed by atoms with Crippen molar-refractivity contribution < 1.29 is 19.1 Å². The highest BCUT2D eigenvalue weighted by molar-refractivity contribution is 6.11. The van der Waals surface area contributed by atoms with Gasteiger partial charge in [-0.1, -0.05) is 6.07 Å². The average Bonchev–Trinajstić information content (AvgIpc) is 3.05. The van der Waals surface area contributed by atoms with Gasteiger partial charge in [0, 0.05) is 31.1 Å². The minimum atomic E-state index is -0.354. The number of fused-ring (bicyclic) bond motifs is 2. The molecule has 3 N–H and O–H groups in total. The SMILES string of the molecule is COCCn1ccc2ccc(NC(=O)c3ccc4c(c3)NC(=O)CNC4=O)cc21. The fraction of sp³-hybridized carbons (Fsp3) is 0.190. The first-order chi connectivity index (χ1) is 14.0. The van der Waals surface area contributed by atoms with Gasteiger partial charge in [0.05, 0.1) is 29.9 Å². The van der Waals surface area contributed by atoms with Crippen LogP contribution in [0, 0.1) is 0 Å². The van der Waals surface area contributed by atoms with Gasteiger partial charge in [0.1, 0.15) is 0 Å². The predicted octanol–water partition coefficient (Wildman–Crippen LogP) is 2.22. The standard InChI is InChI=1S/C21H20N4O4/c1-29-9-8-25-7-6-13-2-4-15(11-18(13)25)23-20(27)14-3-5-16-17(10-14)24-19(26)12-22-21(16)28/h2-7,10-11H,8-9,12H2,1H3,(H,22,28)(H,23,27)(H,24,26). The lowest BCUT2D eigenvalue weighted by Crippen LogP contribution is -2.28. The van der Waals surface area contributed by atoms with Crippen LogP contribution in [0.5, 0.6) is 0 Å². The van der Waals surface area contributed by atoms with E-state index in [-0.39, 0.29) is 24.3 Å². The Balaban J connectivity index is 1.58. The molecule has 3 amide bonds. The van der Waals surface area contributed by atoms with Crippen LogP contribution in [-0.2, 0) is 16.1 Å². The number of nitrogens with zero attached hydrogens (tertiary/aromatic N) is 1. The number of benzene rings is 2. The van der Waals surface area contributed by atoms with E-state index in [1.807, 2.05) is 30.5 Å². The first-order valence-electron chi connectivity index (χ1n) is 9.16. The highest BCUT2D eigenvalue weighted by atomic mass is 16.5. The van der Waals surface area contributed by atoms with Crippen LogP contribution in [0.15, 0.2) is 48.7 Å². The quantitative estimate of drug-likeness (QED) is 0.620. The first kappa shape index (κ1) is 18.7. The van der Waals surface area contributed by atoms with Gasteiger partial charge in [-0.3, -0.25) is 14.4 Å². The molecule has 1 aliphatic heterocycles. The van der Waals surface area contributed by atoms with Crippen molar-refractivity contribution in [3.63, 3.8) is 0 Å². The predicted molar refractivity (Wildman–Crippen MR) is 109 cm³/mol. The molecule has 1 aliphatic rings. The summed E-state index contributed by atoms with van der Waals surface area (Å²) in [5.74, 6) is -1.02. The number of rotatable bonds is 5. The van der Waals surface area contributed by atoms with Gasteiger partial charge in [0.15, 0.2) is 0 Å². The van der Waals surface area contributed by atoms with E-state index in [1.165, 1.54) is 12.1 Å². The maximum atomic E-state index is 12.7. The number of aromatic nitrogens is 1. The summed E-state index contributed by atoms with van der Waals surface area (Å²) >= 11 is 0. The Labute approximate surface area is 166 Å². The third-order valence-corrected chi connectivity index (χ3v) is 4.78. The van der Waals surface area contributed by atoms with Crippen molar-refractivity contribution >= 4 is 40.0 Å². The molecule has 0 fully saturated rings. The van der Waals surface area contributed by atoms with Gasteiger partial charge in [-0.05, 0) is 41.8 Å². The molecule has 0 aliphatic carbocycles. The lowest BCUT2D eigenvalue weighted by Gasteiger charge is -2.10. The number of hydrogen-bond acceptors (Lipinski definition) is 4. The van der Waals surface area contributed by atoms with E-state index in [9.17, 15) is 14.4 Å². The fourth-order valence-electron chi connectivity index (χ4n) is 3.29. The number of anilines is 2.